The Balaban J connectivity index is 0.000000156. The number of esters is 1. The molecule has 1 saturated carbocycles. The van der Waals surface area contributed by atoms with Crippen molar-refractivity contribution in [3.8, 4) is 24.2 Å². The standard InChI is InChI=1S/C21H17FN2O.C13H13BrN2O.C9H14O3.C8H5F.C5H5BrN2/c22-17-10-8-15(9-11-17)6-7-16-12-13-24-20(14-16)23-19-5-3-1-2-4-18(19)21(24)25;14-9-6-7-16-12(8-9)15-11-5-3-1-2-4-10(11)13(16)17;1-12-9(11)7-5-3-2-4-6-8(7)10;1-2-7-3-5-8(9)6-4-7;6-4-1-2-8-5(7)3-4/h8-14H,1-5H2;6-8H,1-5H2;7H,2-6H2,1H3;1,3-6H;1-3H,(H2,7,8). The molecule has 366 valence electrons. The molecule has 0 amide bonds. The van der Waals surface area contributed by atoms with Crippen LogP contribution < -0.4 is 16.9 Å². The lowest BCUT2D eigenvalue weighted by molar-refractivity contribution is -0.149. The second kappa shape index (κ2) is 27.0. The molecule has 2 N–H and O–H groups in total. The molecular formula is C56H54Br2F2N6O5. The number of fused-ring (bicyclic) bond motifs is 4. The quantitative estimate of drug-likeness (QED) is 0.0557. The van der Waals surface area contributed by atoms with Crippen molar-refractivity contribution < 1.29 is 23.1 Å². The maximum atomic E-state index is 12.9. The second-order valence-corrected chi connectivity index (χ2v) is 18.8. The molecule has 1 unspecified atom stereocenters. The summed E-state index contributed by atoms with van der Waals surface area (Å²) in [5.74, 6) is 7.68. The van der Waals surface area contributed by atoms with E-state index in [1.165, 1.54) is 37.8 Å². The van der Waals surface area contributed by atoms with Crippen molar-refractivity contribution >= 4 is 60.7 Å². The van der Waals surface area contributed by atoms with E-state index < -0.39 is 5.92 Å². The molecule has 0 aliphatic heterocycles. The molecule has 0 spiro atoms. The average Bonchev–Trinajstić information content (AvgIpc) is 3.86. The number of pyridine rings is 3. The van der Waals surface area contributed by atoms with Gasteiger partial charge in [0.15, 0.2) is 0 Å². The monoisotopic (exact) mass is 1090 g/mol. The molecule has 1 fully saturated rings. The molecule has 1 atom stereocenters. The van der Waals surface area contributed by atoms with Gasteiger partial charge < -0.3 is 10.5 Å². The molecule has 11 nitrogen and oxygen atoms in total. The lowest BCUT2D eigenvalue weighted by Crippen LogP contribution is -2.23. The van der Waals surface area contributed by atoms with Crippen LogP contribution in [0.15, 0.2) is 122 Å². The molecule has 5 heterocycles. The van der Waals surface area contributed by atoms with E-state index in [-0.39, 0.29) is 34.5 Å². The van der Waals surface area contributed by atoms with Crippen LogP contribution in [0, 0.1) is 41.7 Å². The Morgan fingerprint density at radius 2 is 1.15 bits per heavy atom. The van der Waals surface area contributed by atoms with Gasteiger partial charge in [0.1, 0.15) is 40.4 Å². The van der Waals surface area contributed by atoms with Gasteiger partial charge in [0, 0.05) is 61.8 Å². The molecular weight excluding hydrogens is 1030 g/mol. The number of nitrogens with zero attached hydrogens (tertiary/aromatic N) is 5. The molecule has 0 radical (unpaired) electrons. The second-order valence-electron chi connectivity index (χ2n) is 17.0. The van der Waals surface area contributed by atoms with Crippen LogP contribution in [0.1, 0.15) is 110 Å². The molecule has 3 aliphatic rings. The number of aromatic nitrogens is 5. The van der Waals surface area contributed by atoms with Gasteiger partial charge in [0.25, 0.3) is 11.1 Å². The lowest BCUT2D eigenvalue weighted by atomic mass is 9.99. The van der Waals surface area contributed by atoms with E-state index in [4.69, 9.17) is 17.1 Å². The Morgan fingerprint density at radius 1 is 0.648 bits per heavy atom. The summed E-state index contributed by atoms with van der Waals surface area (Å²) < 4.78 is 34.8. The first-order chi connectivity index (χ1) is 34.3. The fourth-order valence-corrected chi connectivity index (χ4v) is 8.82. The number of nitrogen functional groups attached to an aromatic ring is 1. The SMILES string of the molecule is C#Cc1ccc(F)cc1.COC(=O)C1CCCCCC1=O.Nc1cc(Br)ccn1.O=c1c2c(nc3cc(Br)ccn13)CCCCC2.O=c1c2c(nc3cc(C#Cc4ccc(F)cc4)ccn13)CCCCC2. The fraction of sp³-hybridized carbons (Fsp3) is 0.304. The van der Waals surface area contributed by atoms with E-state index in [0.717, 1.165) is 125 Å². The Labute approximate surface area is 428 Å². The Bertz CT molecular complexity index is 3180. The Morgan fingerprint density at radius 3 is 1.70 bits per heavy atom. The van der Waals surface area contributed by atoms with Crippen LogP contribution in [-0.4, -0.2) is 42.6 Å². The van der Waals surface area contributed by atoms with Gasteiger partial charge in [0.05, 0.1) is 18.5 Å². The summed E-state index contributed by atoms with van der Waals surface area (Å²) in [4.78, 5) is 60.6. The van der Waals surface area contributed by atoms with E-state index in [1.54, 1.807) is 57.7 Å². The number of anilines is 1. The molecule has 10 rings (SSSR count). The first-order valence-corrected chi connectivity index (χ1v) is 25.1. The first-order valence-electron chi connectivity index (χ1n) is 23.5. The largest absolute Gasteiger partial charge is 0.468 e. The number of halogens is 4. The van der Waals surface area contributed by atoms with Crippen molar-refractivity contribution in [2.75, 3.05) is 12.8 Å². The van der Waals surface area contributed by atoms with E-state index in [1.807, 2.05) is 30.3 Å². The topological polar surface area (TPSA) is 151 Å². The highest BCUT2D eigenvalue weighted by molar-refractivity contribution is 9.10. The number of ether oxygens (including phenoxy) is 1. The smallest absolute Gasteiger partial charge is 0.316 e. The molecule has 15 heteroatoms. The number of ketones is 1. The summed E-state index contributed by atoms with van der Waals surface area (Å²) >= 11 is 6.66. The summed E-state index contributed by atoms with van der Waals surface area (Å²) in [5, 5.41) is 0. The minimum absolute atomic E-state index is 0.0416. The van der Waals surface area contributed by atoms with Gasteiger partial charge in [-0.1, -0.05) is 75.3 Å². The highest BCUT2D eigenvalue weighted by Crippen LogP contribution is 2.22. The van der Waals surface area contributed by atoms with E-state index in [2.05, 4.69) is 64.3 Å². The number of carbonyl (C=O) groups is 2. The number of terminal acetylenes is 1. The highest BCUT2D eigenvalue weighted by Gasteiger charge is 2.28. The van der Waals surface area contributed by atoms with Gasteiger partial charge in [-0.15, -0.1) is 6.42 Å². The van der Waals surface area contributed by atoms with Gasteiger partial charge in [-0.3, -0.25) is 28.0 Å². The van der Waals surface area contributed by atoms with Crippen LogP contribution in [0.3, 0.4) is 0 Å². The zero-order valence-electron chi connectivity index (χ0n) is 39.4. The summed E-state index contributed by atoms with van der Waals surface area (Å²) in [6, 6.07) is 22.9. The zero-order valence-corrected chi connectivity index (χ0v) is 42.6. The average molecular weight is 1090 g/mol. The van der Waals surface area contributed by atoms with Gasteiger partial charge in [-0.25, -0.2) is 23.7 Å². The minimum Gasteiger partial charge on any atom is -0.468 e. The normalized spacial score (nSPS) is 14.8. The predicted octanol–water partition coefficient (Wildman–Crippen LogP) is 10.8. The fourth-order valence-electron chi connectivity index (χ4n) is 8.15. The maximum absolute atomic E-state index is 12.9. The third kappa shape index (κ3) is 15.8. The van der Waals surface area contributed by atoms with Crippen LogP contribution in [0.2, 0.25) is 0 Å². The van der Waals surface area contributed by atoms with Crippen molar-refractivity contribution in [1.29, 1.82) is 0 Å². The van der Waals surface area contributed by atoms with Crippen molar-refractivity contribution in [2.45, 2.75) is 96.3 Å². The predicted molar refractivity (Wildman–Crippen MR) is 280 cm³/mol. The van der Waals surface area contributed by atoms with E-state index >= 15 is 0 Å². The number of rotatable bonds is 1. The molecule has 71 heavy (non-hydrogen) atoms. The van der Waals surface area contributed by atoms with Crippen molar-refractivity contribution in [3.63, 3.8) is 0 Å². The van der Waals surface area contributed by atoms with Crippen molar-refractivity contribution in [3.05, 3.63) is 184 Å². The molecule has 7 aromatic rings. The lowest BCUT2D eigenvalue weighted by Gasteiger charge is -2.08. The Hall–Kier alpha value is -6.81. The van der Waals surface area contributed by atoms with Gasteiger partial charge in [-0.2, -0.15) is 0 Å². The zero-order chi connectivity index (χ0) is 50.7. The Kier molecular flexibility index (Phi) is 20.3. The summed E-state index contributed by atoms with van der Waals surface area (Å²) in [7, 11) is 1.33. The van der Waals surface area contributed by atoms with Crippen molar-refractivity contribution in [1.82, 2.24) is 23.8 Å². The number of benzene rings is 2. The summed E-state index contributed by atoms with van der Waals surface area (Å²) in [6.07, 6.45) is 24.6. The summed E-state index contributed by atoms with van der Waals surface area (Å²) in [5.41, 5.74) is 12.8. The van der Waals surface area contributed by atoms with Gasteiger partial charge in [0.2, 0.25) is 0 Å². The van der Waals surface area contributed by atoms with Crippen LogP contribution in [-0.2, 0) is 40.0 Å². The molecule has 3 aliphatic carbocycles. The molecule has 0 saturated heterocycles. The number of aryl methyl sites for hydroxylation is 2. The number of carbonyl (C=O) groups excluding carboxylic acids is 2. The third-order valence-electron chi connectivity index (χ3n) is 11.9. The minimum atomic E-state index is -0.475. The first kappa shape index (κ1) is 53.5. The third-order valence-corrected chi connectivity index (χ3v) is 12.9. The van der Waals surface area contributed by atoms with E-state index in [9.17, 15) is 28.0 Å². The number of hydrogen-bond donors (Lipinski definition) is 1. The van der Waals surface area contributed by atoms with Gasteiger partial charge in [-0.05, 0) is 149 Å². The summed E-state index contributed by atoms with van der Waals surface area (Å²) in [6.45, 7) is 0. The van der Waals surface area contributed by atoms with Crippen LogP contribution in [0.5, 0.6) is 0 Å². The van der Waals surface area contributed by atoms with Crippen LogP contribution in [0.25, 0.3) is 11.3 Å². The van der Waals surface area contributed by atoms with Crippen LogP contribution in [0.4, 0.5) is 14.6 Å². The number of nitrogens with two attached hydrogens (primary N) is 1. The van der Waals surface area contributed by atoms with E-state index in [0.29, 0.717) is 29.9 Å². The maximum Gasteiger partial charge on any atom is 0.316 e. The number of Topliss-reactive ketones (excluding diaryl/α,β-unsaturated/α-hetero) is 1. The molecule has 0 bridgehead atoms. The number of methoxy groups -OCH3 is 1. The van der Waals surface area contributed by atoms with Crippen molar-refractivity contribution in [2.24, 2.45) is 5.92 Å². The molecule has 2 aromatic carbocycles. The number of hydrogen-bond acceptors (Lipinski definition) is 9. The highest BCUT2D eigenvalue weighted by atomic mass is 79.9. The molecule has 5 aromatic heterocycles. The van der Waals surface area contributed by atoms with Crippen LogP contribution >= 0.6 is 31.9 Å². The van der Waals surface area contributed by atoms with Gasteiger partial charge >= 0.3 is 5.97 Å².